The fraction of sp³-hybridized carbons (Fsp3) is 0.556. The average molecular weight is 272 g/mol. The van der Waals surface area contributed by atoms with Crippen LogP contribution in [0.2, 0.25) is 0 Å². The van der Waals surface area contributed by atoms with Gasteiger partial charge in [-0.3, -0.25) is 4.90 Å². The van der Waals surface area contributed by atoms with Gasteiger partial charge in [0, 0.05) is 25.7 Å². The van der Waals surface area contributed by atoms with E-state index in [1.54, 1.807) is 0 Å². The van der Waals surface area contributed by atoms with Crippen molar-refractivity contribution in [3.63, 3.8) is 0 Å². The molecular weight excluding hydrogens is 244 g/mol. The Morgan fingerprint density at radius 1 is 1.40 bits per heavy atom. The van der Waals surface area contributed by atoms with E-state index in [1.165, 1.54) is 11.1 Å². The molecule has 0 amide bonds. The highest BCUT2D eigenvalue weighted by molar-refractivity contribution is 5.25. The zero-order valence-corrected chi connectivity index (χ0v) is 13.3. The highest BCUT2D eigenvalue weighted by atomic mass is 15.3. The lowest BCUT2D eigenvalue weighted by molar-refractivity contribution is 0.0693. The van der Waals surface area contributed by atoms with E-state index in [0.29, 0.717) is 12.0 Å². The van der Waals surface area contributed by atoms with Gasteiger partial charge in [0.1, 0.15) is 0 Å². The van der Waals surface area contributed by atoms with Crippen molar-refractivity contribution in [1.29, 1.82) is 0 Å². The summed E-state index contributed by atoms with van der Waals surface area (Å²) in [5, 5.41) is 3.78. The molecule has 1 aliphatic rings. The Hall–Kier alpha value is -1.12. The summed E-state index contributed by atoms with van der Waals surface area (Å²) in [5.41, 5.74) is 2.64. The van der Waals surface area contributed by atoms with Gasteiger partial charge in [-0.25, -0.2) is 0 Å². The van der Waals surface area contributed by atoms with Crippen molar-refractivity contribution in [2.45, 2.75) is 39.3 Å². The van der Waals surface area contributed by atoms with Crippen molar-refractivity contribution in [2.75, 3.05) is 19.6 Å². The van der Waals surface area contributed by atoms with Crippen LogP contribution in [-0.2, 0) is 5.54 Å². The molecule has 1 aromatic carbocycles. The van der Waals surface area contributed by atoms with Crippen LogP contribution in [0.1, 0.15) is 33.3 Å². The van der Waals surface area contributed by atoms with Gasteiger partial charge in [0.25, 0.3) is 0 Å². The predicted molar refractivity (Wildman–Crippen MR) is 86.8 cm³/mol. The van der Waals surface area contributed by atoms with Crippen LogP contribution in [0, 0.1) is 5.92 Å². The highest BCUT2D eigenvalue weighted by Gasteiger charge is 2.37. The fourth-order valence-electron chi connectivity index (χ4n) is 3.21. The van der Waals surface area contributed by atoms with Gasteiger partial charge in [-0.15, -0.1) is 0 Å². The van der Waals surface area contributed by atoms with Gasteiger partial charge in [0.05, 0.1) is 5.54 Å². The fourth-order valence-corrected chi connectivity index (χ4v) is 3.21. The first-order valence-electron chi connectivity index (χ1n) is 7.61. The minimum absolute atomic E-state index is 0.0299. The van der Waals surface area contributed by atoms with Gasteiger partial charge in [-0.05, 0) is 25.3 Å². The van der Waals surface area contributed by atoms with E-state index < -0.39 is 0 Å². The molecule has 0 spiro atoms. The number of piperazine rings is 1. The van der Waals surface area contributed by atoms with Gasteiger partial charge >= 0.3 is 0 Å². The Bertz CT molecular complexity index is 452. The van der Waals surface area contributed by atoms with E-state index in [-0.39, 0.29) is 5.54 Å². The summed E-state index contributed by atoms with van der Waals surface area (Å²) in [6.07, 6.45) is 0. The molecule has 0 radical (unpaired) electrons. The smallest absolute Gasteiger partial charge is 0.0535 e. The average Bonchev–Trinajstić information content (AvgIpc) is 2.39. The molecule has 2 rings (SSSR count). The first kappa shape index (κ1) is 15.3. The number of benzene rings is 1. The lowest BCUT2D eigenvalue weighted by atomic mass is 9.86. The lowest BCUT2D eigenvalue weighted by Gasteiger charge is -2.48. The third-order valence-corrected chi connectivity index (χ3v) is 4.34. The molecule has 1 N–H and O–H groups in total. The van der Waals surface area contributed by atoms with Gasteiger partial charge in [0.2, 0.25) is 0 Å². The molecule has 2 atom stereocenters. The van der Waals surface area contributed by atoms with Crippen molar-refractivity contribution >= 4 is 0 Å². The SMILES string of the molecule is C=C(C)CN1CC(C)(c2ccccc2)NCC1C(C)C. The normalized spacial score (nSPS) is 27.8. The molecule has 1 heterocycles. The Labute approximate surface area is 123 Å². The van der Waals surface area contributed by atoms with Crippen molar-refractivity contribution in [3.05, 3.63) is 48.0 Å². The molecule has 110 valence electrons. The third kappa shape index (κ3) is 3.31. The zero-order chi connectivity index (χ0) is 14.8. The molecule has 2 unspecified atom stereocenters. The summed E-state index contributed by atoms with van der Waals surface area (Å²) in [6.45, 7) is 16.2. The minimum atomic E-state index is 0.0299. The van der Waals surface area contributed by atoms with Crippen LogP contribution >= 0.6 is 0 Å². The maximum atomic E-state index is 4.10. The van der Waals surface area contributed by atoms with Gasteiger partial charge < -0.3 is 5.32 Å². The van der Waals surface area contributed by atoms with Crippen LogP contribution in [0.15, 0.2) is 42.5 Å². The van der Waals surface area contributed by atoms with Crippen LogP contribution in [0.3, 0.4) is 0 Å². The van der Waals surface area contributed by atoms with Crippen LogP contribution in [0.4, 0.5) is 0 Å². The molecule has 2 heteroatoms. The van der Waals surface area contributed by atoms with Crippen molar-refractivity contribution in [1.82, 2.24) is 10.2 Å². The first-order valence-corrected chi connectivity index (χ1v) is 7.61. The van der Waals surface area contributed by atoms with Crippen LogP contribution < -0.4 is 5.32 Å². The van der Waals surface area contributed by atoms with Gasteiger partial charge in [-0.2, -0.15) is 0 Å². The number of nitrogens with one attached hydrogen (secondary N) is 1. The standard InChI is InChI=1S/C18H28N2/c1-14(2)12-20-13-18(5,16-9-7-6-8-10-16)19-11-17(20)15(3)4/h6-10,15,17,19H,1,11-13H2,2-5H3. The number of nitrogens with zero attached hydrogens (tertiary/aromatic N) is 1. The largest absolute Gasteiger partial charge is 0.305 e. The second-order valence-electron chi connectivity index (χ2n) is 6.75. The molecule has 0 aromatic heterocycles. The van der Waals surface area contributed by atoms with Gasteiger partial charge in [-0.1, -0.05) is 56.3 Å². The Morgan fingerprint density at radius 2 is 2.05 bits per heavy atom. The molecule has 1 aliphatic heterocycles. The van der Waals surface area contributed by atoms with E-state index in [9.17, 15) is 0 Å². The van der Waals surface area contributed by atoms with Crippen LogP contribution in [0.5, 0.6) is 0 Å². The molecular formula is C18H28N2. The second-order valence-corrected chi connectivity index (χ2v) is 6.75. The first-order chi connectivity index (χ1) is 9.42. The Kier molecular flexibility index (Phi) is 4.66. The number of rotatable bonds is 4. The molecule has 1 saturated heterocycles. The third-order valence-electron chi connectivity index (χ3n) is 4.34. The van der Waals surface area contributed by atoms with E-state index in [0.717, 1.165) is 19.6 Å². The van der Waals surface area contributed by atoms with E-state index >= 15 is 0 Å². The predicted octanol–water partition coefficient (Wildman–Crippen LogP) is 3.41. The summed E-state index contributed by atoms with van der Waals surface area (Å²) in [4.78, 5) is 2.59. The lowest BCUT2D eigenvalue weighted by Crippen LogP contribution is -2.62. The number of hydrogen-bond donors (Lipinski definition) is 1. The monoisotopic (exact) mass is 272 g/mol. The summed E-state index contributed by atoms with van der Waals surface area (Å²) < 4.78 is 0. The van der Waals surface area contributed by atoms with E-state index in [2.05, 4.69) is 74.8 Å². The molecule has 0 aliphatic carbocycles. The molecule has 2 nitrogen and oxygen atoms in total. The van der Waals surface area contributed by atoms with Crippen molar-refractivity contribution < 1.29 is 0 Å². The summed E-state index contributed by atoms with van der Waals surface area (Å²) in [7, 11) is 0. The number of hydrogen-bond acceptors (Lipinski definition) is 2. The van der Waals surface area contributed by atoms with E-state index in [1.807, 2.05) is 0 Å². The van der Waals surface area contributed by atoms with Crippen molar-refractivity contribution in [3.8, 4) is 0 Å². The van der Waals surface area contributed by atoms with Crippen LogP contribution in [0.25, 0.3) is 0 Å². The summed E-state index contributed by atoms with van der Waals surface area (Å²) >= 11 is 0. The van der Waals surface area contributed by atoms with E-state index in [4.69, 9.17) is 0 Å². The Morgan fingerprint density at radius 3 is 2.60 bits per heavy atom. The maximum absolute atomic E-state index is 4.10. The molecule has 1 aromatic rings. The summed E-state index contributed by atoms with van der Waals surface area (Å²) in [5.74, 6) is 0.655. The van der Waals surface area contributed by atoms with Crippen LogP contribution in [-0.4, -0.2) is 30.6 Å². The molecule has 20 heavy (non-hydrogen) atoms. The second kappa shape index (κ2) is 6.11. The molecule has 0 bridgehead atoms. The van der Waals surface area contributed by atoms with Gasteiger partial charge in [0.15, 0.2) is 0 Å². The quantitative estimate of drug-likeness (QED) is 0.845. The zero-order valence-electron chi connectivity index (χ0n) is 13.3. The molecule has 0 saturated carbocycles. The van der Waals surface area contributed by atoms with Crippen molar-refractivity contribution in [2.24, 2.45) is 5.92 Å². The molecule has 1 fully saturated rings. The summed E-state index contributed by atoms with van der Waals surface area (Å²) in [6, 6.07) is 11.4. The maximum Gasteiger partial charge on any atom is 0.0535 e. The highest BCUT2D eigenvalue weighted by Crippen LogP contribution is 2.28. The Balaban J connectivity index is 2.21. The minimum Gasteiger partial charge on any atom is -0.305 e. The topological polar surface area (TPSA) is 15.3 Å².